The average Bonchev–Trinajstić information content (AvgIpc) is 2.99. The number of thiophene rings is 1. The smallest absolute Gasteiger partial charge is 0.341 e. The Hall–Kier alpha value is -2.18. The molecule has 1 aromatic carbocycles. The third kappa shape index (κ3) is 4.43. The van der Waals surface area contributed by atoms with Gasteiger partial charge in [0.15, 0.2) is 0 Å². The number of nitrogens with one attached hydrogen (secondary N) is 1. The van der Waals surface area contributed by atoms with E-state index in [1.165, 1.54) is 11.3 Å². The lowest BCUT2D eigenvalue weighted by Gasteiger charge is -2.07. The van der Waals surface area contributed by atoms with Gasteiger partial charge >= 0.3 is 5.97 Å². The second-order valence-corrected chi connectivity index (χ2v) is 6.25. The van der Waals surface area contributed by atoms with Crippen LogP contribution in [0.15, 0.2) is 30.3 Å². The summed E-state index contributed by atoms with van der Waals surface area (Å²) in [5.74, 6) is -0.673. The van der Waals surface area contributed by atoms with Crippen LogP contribution in [0.1, 0.15) is 45.0 Å². The van der Waals surface area contributed by atoms with Crippen LogP contribution in [0.2, 0.25) is 0 Å². The van der Waals surface area contributed by atoms with E-state index in [0.717, 1.165) is 16.9 Å². The molecule has 2 rings (SSSR count). The molecule has 1 aromatic heterocycles. The van der Waals surface area contributed by atoms with E-state index in [1.807, 2.05) is 19.1 Å². The summed E-state index contributed by atoms with van der Waals surface area (Å²) in [6.45, 7) is 4.55. The Kier molecular flexibility index (Phi) is 6.52. The van der Waals surface area contributed by atoms with E-state index in [9.17, 15) is 9.59 Å². The SMILES string of the molecule is CCOC(=O)c1cc(CC)sc1NC(=O)c1ccc(COC)cc1. The molecule has 1 amide bonds. The van der Waals surface area contributed by atoms with Gasteiger partial charge in [0, 0.05) is 17.6 Å². The summed E-state index contributed by atoms with van der Waals surface area (Å²) in [4.78, 5) is 25.5. The number of ether oxygens (including phenoxy) is 2. The zero-order valence-electron chi connectivity index (χ0n) is 14.0. The molecule has 2 aromatic rings. The molecule has 0 saturated heterocycles. The number of methoxy groups -OCH3 is 1. The van der Waals surface area contributed by atoms with Gasteiger partial charge in [-0.1, -0.05) is 19.1 Å². The first kappa shape index (κ1) is 18.2. The normalized spacial score (nSPS) is 10.5. The number of esters is 1. The number of hydrogen-bond donors (Lipinski definition) is 1. The first-order valence-electron chi connectivity index (χ1n) is 7.78. The second-order valence-electron chi connectivity index (χ2n) is 5.11. The van der Waals surface area contributed by atoms with Crippen molar-refractivity contribution in [1.29, 1.82) is 0 Å². The highest BCUT2D eigenvalue weighted by molar-refractivity contribution is 7.16. The van der Waals surface area contributed by atoms with Crippen molar-refractivity contribution < 1.29 is 19.1 Å². The van der Waals surface area contributed by atoms with Crippen molar-refractivity contribution in [1.82, 2.24) is 0 Å². The molecule has 0 spiro atoms. The molecule has 6 heteroatoms. The van der Waals surface area contributed by atoms with E-state index < -0.39 is 5.97 Å². The van der Waals surface area contributed by atoms with Crippen LogP contribution in [0, 0.1) is 0 Å². The number of rotatable bonds is 7. The number of carbonyl (C=O) groups is 2. The van der Waals surface area contributed by atoms with Crippen LogP contribution in [0.25, 0.3) is 0 Å². The van der Waals surface area contributed by atoms with Gasteiger partial charge in [-0.15, -0.1) is 11.3 Å². The van der Waals surface area contributed by atoms with E-state index in [-0.39, 0.29) is 5.91 Å². The fraction of sp³-hybridized carbons (Fsp3) is 0.333. The Morgan fingerprint density at radius 1 is 1.17 bits per heavy atom. The Balaban J connectivity index is 2.18. The quantitative estimate of drug-likeness (QED) is 0.772. The first-order valence-corrected chi connectivity index (χ1v) is 8.59. The Morgan fingerprint density at radius 2 is 1.88 bits per heavy atom. The topological polar surface area (TPSA) is 64.6 Å². The zero-order chi connectivity index (χ0) is 17.5. The van der Waals surface area contributed by atoms with Crippen LogP contribution >= 0.6 is 11.3 Å². The lowest BCUT2D eigenvalue weighted by Crippen LogP contribution is -2.14. The number of benzene rings is 1. The molecule has 5 nitrogen and oxygen atoms in total. The summed E-state index contributed by atoms with van der Waals surface area (Å²) < 4.78 is 10.1. The maximum atomic E-state index is 12.4. The van der Waals surface area contributed by atoms with E-state index in [1.54, 1.807) is 32.2 Å². The molecule has 0 bridgehead atoms. The number of anilines is 1. The van der Waals surface area contributed by atoms with E-state index in [4.69, 9.17) is 9.47 Å². The lowest BCUT2D eigenvalue weighted by atomic mass is 10.1. The predicted molar refractivity (Wildman–Crippen MR) is 94.8 cm³/mol. The summed E-state index contributed by atoms with van der Waals surface area (Å²) in [6.07, 6.45) is 0.790. The van der Waals surface area contributed by atoms with Gasteiger partial charge in [-0.25, -0.2) is 4.79 Å². The summed E-state index contributed by atoms with van der Waals surface area (Å²) in [7, 11) is 1.62. The first-order chi connectivity index (χ1) is 11.6. The molecule has 0 unspecified atom stereocenters. The van der Waals surface area contributed by atoms with Crippen LogP contribution < -0.4 is 5.32 Å². The lowest BCUT2D eigenvalue weighted by molar-refractivity contribution is 0.0528. The van der Waals surface area contributed by atoms with Crippen molar-refractivity contribution in [2.24, 2.45) is 0 Å². The molecule has 0 aliphatic heterocycles. The second kappa shape index (κ2) is 8.61. The van der Waals surface area contributed by atoms with Gasteiger partial charge in [0.2, 0.25) is 0 Å². The van der Waals surface area contributed by atoms with Crippen molar-refractivity contribution in [3.05, 3.63) is 51.9 Å². The summed E-state index contributed by atoms with van der Waals surface area (Å²) in [5.41, 5.74) is 1.92. The molecule has 0 aliphatic rings. The van der Waals surface area contributed by atoms with Crippen LogP contribution in [0.5, 0.6) is 0 Å². The summed E-state index contributed by atoms with van der Waals surface area (Å²) >= 11 is 1.40. The third-order valence-corrected chi connectivity index (χ3v) is 4.58. The Labute approximate surface area is 145 Å². The highest BCUT2D eigenvalue weighted by Crippen LogP contribution is 2.29. The Morgan fingerprint density at radius 3 is 2.46 bits per heavy atom. The minimum Gasteiger partial charge on any atom is -0.462 e. The van der Waals surface area contributed by atoms with Gasteiger partial charge in [-0.2, -0.15) is 0 Å². The molecule has 0 fully saturated rings. The Bertz CT molecular complexity index is 706. The highest BCUT2D eigenvalue weighted by atomic mass is 32.1. The van der Waals surface area contributed by atoms with E-state index >= 15 is 0 Å². The number of aryl methyl sites for hydroxylation is 1. The average molecular weight is 347 g/mol. The van der Waals surface area contributed by atoms with Crippen molar-refractivity contribution in [3.63, 3.8) is 0 Å². The van der Waals surface area contributed by atoms with Gasteiger partial charge in [0.1, 0.15) is 5.00 Å². The van der Waals surface area contributed by atoms with Gasteiger partial charge in [-0.05, 0) is 37.1 Å². The molecule has 0 saturated carbocycles. The number of hydrogen-bond acceptors (Lipinski definition) is 5. The summed E-state index contributed by atoms with van der Waals surface area (Å²) in [6, 6.07) is 8.94. The molecular weight excluding hydrogens is 326 g/mol. The fourth-order valence-electron chi connectivity index (χ4n) is 2.16. The monoisotopic (exact) mass is 347 g/mol. The van der Waals surface area contributed by atoms with Crippen LogP contribution in [0.3, 0.4) is 0 Å². The molecule has 0 atom stereocenters. The minimum atomic E-state index is -0.417. The summed E-state index contributed by atoms with van der Waals surface area (Å²) in [5, 5.41) is 3.34. The standard InChI is InChI=1S/C18H21NO4S/c1-4-14-10-15(18(21)23-5-2)17(24-14)19-16(20)13-8-6-12(7-9-13)11-22-3/h6-10H,4-5,11H2,1-3H3,(H,19,20). The number of carbonyl (C=O) groups excluding carboxylic acids is 2. The molecule has 0 radical (unpaired) electrons. The maximum Gasteiger partial charge on any atom is 0.341 e. The van der Waals surface area contributed by atoms with Crippen molar-refractivity contribution in [2.45, 2.75) is 26.9 Å². The highest BCUT2D eigenvalue weighted by Gasteiger charge is 2.19. The molecule has 1 N–H and O–H groups in total. The van der Waals surface area contributed by atoms with Crippen LogP contribution in [-0.4, -0.2) is 25.6 Å². The third-order valence-electron chi connectivity index (χ3n) is 3.38. The van der Waals surface area contributed by atoms with Crippen molar-refractivity contribution in [3.8, 4) is 0 Å². The van der Waals surface area contributed by atoms with Crippen LogP contribution in [-0.2, 0) is 22.5 Å². The van der Waals surface area contributed by atoms with E-state index in [0.29, 0.717) is 29.3 Å². The van der Waals surface area contributed by atoms with Gasteiger partial charge in [0.25, 0.3) is 5.91 Å². The molecule has 128 valence electrons. The van der Waals surface area contributed by atoms with Gasteiger partial charge in [-0.3, -0.25) is 4.79 Å². The van der Waals surface area contributed by atoms with Gasteiger partial charge in [0.05, 0.1) is 18.8 Å². The largest absolute Gasteiger partial charge is 0.462 e. The zero-order valence-corrected chi connectivity index (χ0v) is 14.9. The van der Waals surface area contributed by atoms with E-state index in [2.05, 4.69) is 5.32 Å². The van der Waals surface area contributed by atoms with Crippen molar-refractivity contribution in [2.75, 3.05) is 19.0 Å². The molecule has 0 aliphatic carbocycles. The van der Waals surface area contributed by atoms with Crippen LogP contribution in [0.4, 0.5) is 5.00 Å². The molecule has 1 heterocycles. The fourth-order valence-corrected chi connectivity index (χ4v) is 3.14. The molecule has 24 heavy (non-hydrogen) atoms. The molecular formula is C18H21NO4S. The minimum absolute atomic E-state index is 0.256. The van der Waals surface area contributed by atoms with Gasteiger partial charge < -0.3 is 14.8 Å². The van der Waals surface area contributed by atoms with Crippen molar-refractivity contribution >= 4 is 28.2 Å². The maximum absolute atomic E-state index is 12.4. The number of amides is 1. The predicted octanol–water partition coefficient (Wildman–Crippen LogP) is 3.89.